The van der Waals surface area contributed by atoms with Crippen molar-refractivity contribution in [2.45, 2.75) is 131 Å². The Hall–Kier alpha value is -12.5. The van der Waals surface area contributed by atoms with E-state index in [1.165, 1.54) is 0 Å². The van der Waals surface area contributed by atoms with Gasteiger partial charge in [-0.1, -0.05) is 116 Å². The number of imide groups is 2. The molecule has 4 unspecified atom stereocenters. The number of carbonyl (C=O) groups excluding carboxylic acids is 8. The molecule has 124 heavy (non-hydrogen) atoms. The summed E-state index contributed by atoms with van der Waals surface area (Å²) in [5, 5.41) is 7.99. The zero-order chi connectivity index (χ0) is 86.8. The lowest BCUT2D eigenvalue weighted by atomic mass is 9.80. The Morgan fingerprint density at radius 2 is 0.653 bits per heavy atom. The average Bonchev–Trinajstić information content (AvgIpc) is 0.790. The van der Waals surface area contributed by atoms with Crippen LogP contribution in [0.1, 0.15) is 188 Å². The molecular formula is C100H104N8O16. The van der Waals surface area contributed by atoms with Crippen LogP contribution in [-0.2, 0) is 28.5 Å². The van der Waals surface area contributed by atoms with E-state index in [0.717, 1.165) is 54.6 Å². The summed E-state index contributed by atoms with van der Waals surface area (Å²) in [5.41, 5.74) is 8.30. The van der Waals surface area contributed by atoms with Gasteiger partial charge in [0, 0.05) is 144 Å². The third-order valence-electron chi connectivity index (χ3n) is 25.0. The Morgan fingerprint density at radius 3 is 0.903 bits per heavy atom. The number of anilines is 2. The van der Waals surface area contributed by atoms with Crippen LogP contribution in [0, 0.1) is 13.8 Å². The molecule has 4 fully saturated rings. The van der Waals surface area contributed by atoms with E-state index in [1.54, 1.807) is 60.0 Å². The topological polar surface area (TPSA) is 260 Å². The first-order valence-corrected chi connectivity index (χ1v) is 43.3. The van der Waals surface area contributed by atoms with Crippen molar-refractivity contribution >= 4 is 102 Å². The van der Waals surface area contributed by atoms with Crippen molar-refractivity contribution in [3.8, 4) is 46.0 Å². The molecule has 11 aromatic carbocycles. The number of fused-ring (bicyclic) bond motifs is 2. The second-order valence-electron chi connectivity index (χ2n) is 34.2. The fraction of sp³-hybridized carbons (Fsp3) is 0.360. The maximum atomic E-state index is 16.8. The van der Waals surface area contributed by atoms with Crippen molar-refractivity contribution in [3.63, 3.8) is 0 Å². The van der Waals surface area contributed by atoms with Crippen LogP contribution < -0.4 is 39.4 Å². The molecule has 0 aliphatic carbocycles. The number of nitrogens with one attached hydrogen (secondary N) is 2. The number of rotatable bonds is 30. The number of amides is 8. The minimum Gasteiger partial charge on any atom is -0.457 e. The average molecular weight is 1670 g/mol. The van der Waals surface area contributed by atoms with Gasteiger partial charge in [-0.15, -0.1) is 0 Å². The van der Waals surface area contributed by atoms with Crippen molar-refractivity contribution in [1.82, 2.24) is 30.2 Å². The lowest BCUT2D eigenvalue weighted by Crippen LogP contribution is -2.59. The quantitative estimate of drug-likeness (QED) is 0.0183. The van der Waals surface area contributed by atoms with Gasteiger partial charge in [-0.25, -0.2) is 0 Å². The van der Waals surface area contributed by atoms with Crippen LogP contribution in [0.5, 0.6) is 46.0 Å². The second kappa shape index (κ2) is 34.7. The van der Waals surface area contributed by atoms with E-state index in [1.807, 2.05) is 135 Å². The number of benzene rings is 11. The van der Waals surface area contributed by atoms with Crippen LogP contribution in [0.3, 0.4) is 0 Å². The third-order valence-corrected chi connectivity index (χ3v) is 25.0. The maximum absolute atomic E-state index is 16.8. The highest BCUT2D eigenvalue weighted by atomic mass is 16.6. The fourth-order valence-electron chi connectivity index (χ4n) is 17.8. The molecule has 24 heteroatoms. The number of piperazine rings is 2. The van der Waals surface area contributed by atoms with Crippen molar-refractivity contribution < 1.29 is 76.3 Å². The van der Waals surface area contributed by atoms with Crippen molar-refractivity contribution in [2.75, 3.05) is 115 Å². The number of nitrogens with zero attached hydrogens (tertiary/aromatic N) is 6. The first kappa shape index (κ1) is 83.8. The lowest BCUT2D eigenvalue weighted by molar-refractivity contribution is -0.138. The predicted octanol–water partition coefficient (Wildman–Crippen LogP) is 17.0. The zero-order valence-corrected chi connectivity index (χ0v) is 72.2. The van der Waals surface area contributed by atoms with Gasteiger partial charge in [0.1, 0.15) is 58.1 Å². The summed E-state index contributed by atoms with van der Waals surface area (Å²) >= 11 is 0. The van der Waals surface area contributed by atoms with E-state index in [0.29, 0.717) is 86.6 Å². The van der Waals surface area contributed by atoms with Crippen LogP contribution in [0.15, 0.2) is 158 Å². The Kier molecular flexibility index (Phi) is 23.4. The summed E-state index contributed by atoms with van der Waals surface area (Å²) in [6, 6.07) is 45.0. The zero-order valence-electron chi connectivity index (χ0n) is 72.2. The van der Waals surface area contributed by atoms with E-state index < -0.39 is 47.5 Å². The maximum Gasteiger partial charge on any atom is 0.262 e. The van der Waals surface area contributed by atoms with E-state index in [9.17, 15) is 9.59 Å². The summed E-state index contributed by atoms with van der Waals surface area (Å²) in [5.74, 6) is -2.52. The van der Waals surface area contributed by atoms with Crippen LogP contribution in [-0.4, -0.2) is 196 Å². The lowest BCUT2D eigenvalue weighted by Gasteiger charge is -2.41. The standard InChI is InChI=1S/C100H104N8O16/c1-13-117-53-79(99(115)105-41-37-103(38-42-105)77-19-15-17-71(59(77)11)93(109)101-49-69-51-119-69)107-95(111)73-45-81(121-65-29-21-61(22-30-65)55(3)4)87-89-83(123-67-33-25-63(26-34-67)57(7)8)47-75-86-76(98(114)108(97(75)113)80(54-118-14-2)100(116)106-43-39-104(40-44-106)78-20-16-18-72(60(78)12)94(110)102-50-70-52-120-70)48-84(124-68-35-27-64(28-36-68)58(9)10)90(92(86)89)88-82(46-74(96(107)112)85(73)91(87)88)122-66-31-23-62(24-32-66)56(5)6/h15-36,45-48,55-58,69-70,79-80H,13-14,37-44,49-54H2,1-12H3,(H,101,109)(H,102,110). The van der Waals surface area contributed by atoms with E-state index >= 15 is 28.8 Å². The molecule has 0 aromatic heterocycles. The van der Waals surface area contributed by atoms with Crippen LogP contribution in [0.25, 0.3) is 43.1 Å². The molecule has 0 spiro atoms. The first-order valence-electron chi connectivity index (χ1n) is 43.3. The Labute approximate surface area is 720 Å². The second-order valence-corrected chi connectivity index (χ2v) is 34.2. The van der Waals surface area contributed by atoms with Gasteiger partial charge in [-0.3, -0.25) is 48.2 Å². The van der Waals surface area contributed by atoms with Gasteiger partial charge in [0.05, 0.1) is 60.9 Å². The van der Waals surface area contributed by atoms with Crippen LogP contribution in [0.2, 0.25) is 0 Å². The van der Waals surface area contributed by atoms with Gasteiger partial charge in [0.2, 0.25) is 11.8 Å². The van der Waals surface area contributed by atoms with Gasteiger partial charge in [0.15, 0.2) is 0 Å². The van der Waals surface area contributed by atoms with Gasteiger partial charge < -0.3 is 68.1 Å². The number of carbonyl (C=O) groups is 8. The number of hydrogen-bond acceptors (Lipinski definition) is 18. The number of hydrogen-bond donors (Lipinski definition) is 2. The van der Waals surface area contributed by atoms with Crippen molar-refractivity contribution in [2.24, 2.45) is 0 Å². The van der Waals surface area contributed by atoms with E-state index in [2.05, 4.69) is 75.8 Å². The van der Waals surface area contributed by atoms with Gasteiger partial charge in [-0.2, -0.15) is 0 Å². The van der Waals surface area contributed by atoms with Gasteiger partial charge in [-0.05, 0) is 182 Å². The summed E-state index contributed by atoms with van der Waals surface area (Å²) in [4.78, 5) is 136. The molecule has 17 rings (SSSR count). The van der Waals surface area contributed by atoms with E-state index in [-0.39, 0.29) is 189 Å². The van der Waals surface area contributed by atoms with Crippen LogP contribution in [0.4, 0.5) is 11.4 Å². The molecular weight excluding hydrogens is 1570 g/mol. The first-order chi connectivity index (χ1) is 59.9. The summed E-state index contributed by atoms with van der Waals surface area (Å²) < 4.78 is 52.7. The van der Waals surface area contributed by atoms with E-state index in [4.69, 9.17) is 37.9 Å². The number of epoxide rings is 2. The smallest absolute Gasteiger partial charge is 0.262 e. The predicted molar refractivity (Wildman–Crippen MR) is 476 cm³/mol. The molecule has 6 aliphatic rings. The van der Waals surface area contributed by atoms with Gasteiger partial charge >= 0.3 is 0 Å². The molecule has 0 saturated carbocycles. The highest BCUT2D eigenvalue weighted by Crippen LogP contribution is 2.59. The Morgan fingerprint density at radius 1 is 0.379 bits per heavy atom. The number of ether oxygens (including phenoxy) is 8. The van der Waals surface area contributed by atoms with Crippen molar-refractivity contribution in [3.05, 3.63) is 224 Å². The SMILES string of the molecule is CCOCC(C(=O)N1CCN(c2cccc(C(=O)NCC3CO3)c2C)CC1)N1C(=O)c2cc(Oc3ccc(C(C)C)cc3)c3c4c(Oc5ccc(C(C)C)cc5)cc5c6c(cc(Oc7ccc(C(C)C)cc7)c(c7c(Oc8ccc(C(C)C)cc8)cc(c2c37)C1=O)c64)C(=O)N(C(COCC)C(=O)N1CCN(c2cccc(C(=O)NCC3CO3)c2C)CC1)C5=O. The third kappa shape index (κ3) is 16.0. The molecule has 0 bridgehead atoms. The molecule has 6 heterocycles. The summed E-state index contributed by atoms with van der Waals surface area (Å²) in [7, 11) is 0. The highest BCUT2D eigenvalue weighted by molar-refractivity contribution is 6.45. The molecule has 11 aromatic rings. The summed E-state index contributed by atoms with van der Waals surface area (Å²) in [6.07, 6.45) is 0.00292. The minimum absolute atomic E-state index is 0.00146. The molecule has 2 N–H and O–H groups in total. The van der Waals surface area contributed by atoms with Gasteiger partial charge in [0.25, 0.3) is 35.4 Å². The van der Waals surface area contributed by atoms with Crippen LogP contribution >= 0.6 is 0 Å². The molecule has 4 saturated heterocycles. The molecule has 640 valence electrons. The molecule has 24 nitrogen and oxygen atoms in total. The molecule has 6 aliphatic heterocycles. The minimum atomic E-state index is -1.51. The highest BCUT2D eigenvalue weighted by Gasteiger charge is 2.49. The summed E-state index contributed by atoms with van der Waals surface area (Å²) in [6.45, 7) is 27.8. The Bertz CT molecular complexity index is 5420. The largest absolute Gasteiger partial charge is 0.457 e. The monoisotopic (exact) mass is 1670 g/mol. The molecule has 0 radical (unpaired) electrons. The molecule has 4 atom stereocenters. The fourth-order valence-corrected chi connectivity index (χ4v) is 17.8. The Balaban J connectivity index is 0.871. The normalized spacial score (nSPS) is 16.9. The molecule has 8 amide bonds. The van der Waals surface area contributed by atoms with Crippen molar-refractivity contribution in [1.29, 1.82) is 0 Å².